The molecule has 1 unspecified atom stereocenters. The van der Waals surface area contributed by atoms with Crippen molar-refractivity contribution in [2.75, 3.05) is 24.7 Å². The van der Waals surface area contributed by atoms with Crippen molar-refractivity contribution in [2.24, 2.45) is 0 Å². The number of nitrogens with zero attached hydrogens (tertiary/aromatic N) is 1. The normalized spacial score (nSPS) is 15.2. The molecule has 208 valence electrons. The Labute approximate surface area is 234 Å². The molecule has 3 aromatic rings. The second kappa shape index (κ2) is 13.0. The number of anilines is 1. The lowest BCUT2D eigenvalue weighted by molar-refractivity contribution is -0.122. The molecule has 4 amide bonds. The standard InChI is InChI=1S/C32H34N2O6/c1-5-22(4)24-11-13-26(14-12-24)39-16-17-40-28-15-10-23(20-29(28)38-6-2)19-27-30(35)33-32(37)34(31(27)36)25-9-7-8-21(3)18-25/h7-15,18-20,22H,5-6,16-17H2,1-4H3,(H,33,35,37)/b27-19-. The molecule has 1 atom stereocenters. The fourth-order valence-corrected chi connectivity index (χ4v) is 4.27. The lowest BCUT2D eigenvalue weighted by Gasteiger charge is -2.26. The Morgan fingerprint density at radius 3 is 2.33 bits per heavy atom. The van der Waals surface area contributed by atoms with Crippen LogP contribution in [0.2, 0.25) is 0 Å². The topological polar surface area (TPSA) is 94.2 Å². The van der Waals surface area contributed by atoms with Gasteiger partial charge in [0.1, 0.15) is 24.5 Å². The second-order valence-electron chi connectivity index (χ2n) is 9.51. The molecule has 0 aliphatic carbocycles. The van der Waals surface area contributed by atoms with Gasteiger partial charge in [-0.2, -0.15) is 0 Å². The second-order valence-corrected chi connectivity index (χ2v) is 9.51. The molecule has 1 aliphatic rings. The molecule has 1 N–H and O–H groups in total. The maximum absolute atomic E-state index is 13.2. The Balaban J connectivity index is 1.45. The van der Waals surface area contributed by atoms with Crippen LogP contribution in [0.4, 0.5) is 10.5 Å². The number of urea groups is 1. The van der Waals surface area contributed by atoms with E-state index in [0.29, 0.717) is 48.5 Å². The van der Waals surface area contributed by atoms with Gasteiger partial charge in [0.15, 0.2) is 11.5 Å². The van der Waals surface area contributed by atoms with Gasteiger partial charge in [-0.15, -0.1) is 0 Å². The van der Waals surface area contributed by atoms with Crippen molar-refractivity contribution in [3.8, 4) is 17.2 Å². The van der Waals surface area contributed by atoms with E-state index in [1.165, 1.54) is 11.6 Å². The van der Waals surface area contributed by atoms with E-state index in [0.717, 1.165) is 22.6 Å². The summed E-state index contributed by atoms with van der Waals surface area (Å²) in [5.41, 5.74) is 2.93. The molecule has 3 aromatic carbocycles. The number of benzene rings is 3. The van der Waals surface area contributed by atoms with Crippen molar-refractivity contribution in [2.45, 2.75) is 40.0 Å². The maximum Gasteiger partial charge on any atom is 0.335 e. The van der Waals surface area contributed by atoms with Crippen LogP contribution in [0, 0.1) is 6.92 Å². The third-order valence-electron chi connectivity index (χ3n) is 6.61. The number of aryl methyl sites for hydroxylation is 1. The molecule has 0 saturated carbocycles. The summed E-state index contributed by atoms with van der Waals surface area (Å²) >= 11 is 0. The maximum atomic E-state index is 13.2. The Morgan fingerprint density at radius 1 is 0.875 bits per heavy atom. The number of amides is 4. The number of rotatable bonds is 11. The number of hydrogen-bond acceptors (Lipinski definition) is 6. The zero-order valence-corrected chi connectivity index (χ0v) is 23.2. The molecule has 8 heteroatoms. The van der Waals surface area contributed by atoms with Crippen LogP contribution in [0.15, 0.2) is 72.3 Å². The number of barbiturate groups is 1. The molecule has 0 spiro atoms. The molecular weight excluding hydrogens is 508 g/mol. The van der Waals surface area contributed by atoms with E-state index >= 15 is 0 Å². The van der Waals surface area contributed by atoms with Crippen LogP contribution in [0.1, 0.15) is 49.8 Å². The van der Waals surface area contributed by atoms with Gasteiger partial charge in [-0.1, -0.05) is 44.2 Å². The lowest BCUT2D eigenvalue weighted by atomic mass is 9.99. The summed E-state index contributed by atoms with van der Waals surface area (Å²) in [6.45, 7) is 9.10. The van der Waals surface area contributed by atoms with Gasteiger partial charge >= 0.3 is 6.03 Å². The third-order valence-corrected chi connectivity index (χ3v) is 6.61. The molecule has 0 bridgehead atoms. The number of carbonyl (C=O) groups excluding carboxylic acids is 3. The highest BCUT2D eigenvalue weighted by Crippen LogP contribution is 2.30. The zero-order valence-electron chi connectivity index (χ0n) is 23.2. The van der Waals surface area contributed by atoms with E-state index in [9.17, 15) is 14.4 Å². The number of hydrogen-bond donors (Lipinski definition) is 1. The quantitative estimate of drug-likeness (QED) is 0.181. The Bertz CT molecular complexity index is 1410. The van der Waals surface area contributed by atoms with Crippen molar-refractivity contribution < 1.29 is 28.6 Å². The predicted octanol–water partition coefficient (Wildman–Crippen LogP) is 6.03. The first-order chi connectivity index (χ1) is 19.3. The molecule has 4 rings (SSSR count). The highest BCUT2D eigenvalue weighted by molar-refractivity contribution is 6.39. The fraction of sp³-hybridized carbons (Fsp3) is 0.281. The van der Waals surface area contributed by atoms with Crippen LogP contribution in [-0.4, -0.2) is 37.7 Å². The molecule has 1 saturated heterocycles. The predicted molar refractivity (Wildman–Crippen MR) is 154 cm³/mol. The monoisotopic (exact) mass is 542 g/mol. The Morgan fingerprint density at radius 2 is 1.62 bits per heavy atom. The van der Waals surface area contributed by atoms with Crippen LogP contribution in [0.25, 0.3) is 6.08 Å². The first-order valence-electron chi connectivity index (χ1n) is 13.4. The van der Waals surface area contributed by atoms with E-state index in [1.54, 1.807) is 36.4 Å². The molecule has 1 fully saturated rings. The molecule has 40 heavy (non-hydrogen) atoms. The molecule has 0 radical (unpaired) electrons. The minimum Gasteiger partial charge on any atom is -0.490 e. The van der Waals surface area contributed by atoms with Crippen LogP contribution in [0.5, 0.6) is 17.2 Å². The van der Waals surface area contributed by atoms with Gasteiger partial charge in [0.05, 0.1) is 12.3 Å². The fourth-order valence-electron chi connectivity index (χ4n) is 4.27. The number of imide groups is 2. The summed E-state index contributed by atoms with van der Waals surface area (Å²) in [6.07, 6.45) is 2.52. The molecule has 8 nitrogen and oxygen atoms in total. The zero-order chi connectivity index (χ0) is 28.6. The summed E-state index contributed by atoms with van der Waals surface area (Å²) in [6, 6.07) is 19.4. The van der Waals surface area contributed by atoms with Gasteiger partial charge < -0.3 is 14.2 Å². The molecular formula is C32H34N2O6. The Hall–Kier alpha value is -4.59. The average Bonchev–Trinajstić information content (AvgIpc) is 2.94. The number of carbonyl (C=O) groups is 3. The van der Waals surface area contributed by atoms with Crippen molar-refractivity contribution in [3.05, 3.63) is 89.0 Å². The minimum atomic E-state index is -0.787. The third kappa shape index (κ3) is 6.69. The summed E-state index contributed by atoms with van der Waals surface area (Å²) in [7, 11) is 0. The van der Waals surface area contributed by atoms with Gasteiger partial charge in [0.2, 0.25) is 0 Å². The largest absolute Gasteiger partial charge is 0.490 e. The molecule has 0 aromatic heterocycles. The first kappa shape index (κ1) is 28.4. The highest BCUT2D eigenvalue weighted by atomic mass is 16.5. The Kier molecular flexibility index (Phi) is 9.22. The van der Waals surface area contributed by atoms with E-state index < -0.39 is 17.8 Å². The van der Waals surface area contributed by atoms with Crippen LogP contribution in [-0.2, 0) is 9.59 Å². The summed E-state index contributed by atoms with van der Waals surface area (Å²) in [4.78, 5) is 39.2. The van der Waals surface area contributed by atoms with Crippen LogP contribution in [0.3, 0.4) is 0 Å². The SMILES string of the molecule is CCOc1cc(/C=C2/C(=O)NC(=O)N(c3cccc(C)c3)C2=O)ccc1OCCOc1ccc(C(C)CC)cc1. The van der Waals surface area contributed by atoms with E-state index in [4.69, 9.17) is 14.2 Å². The van der Waals surface area contributed by atoms with Crippen molar-refractivity contribution in [1.82, 2.24) is 5.32 Å². The van der Waals surface area contributed by atoms with Gasteiger partial charge in [0.25, 0.3) is 11.8 Å². The highest BCUT2D eigenvalue weighted by Gasteiger charge is 2.36. The smallest absolute Gasteiger partial charge is 0.335 e. The van der Waals surface area contributed by atoms with E-state index in [-0.39, 0.29) is 5.57 Å². The molecule has 1 aliphatic heterocycles. The van der Waals surface area contributed by atoms with Gasteiger partial charge in [-0.25, -0.2) is 9.69 Å². The number of ether oxygens (including phenoxy) is 3. The van der Waals surface area contributed by atoms with Crippen molar-refractivity contribution in [3.63, 3.8) is 0 Å². The number of nitrogens with one attached hydrogen (secondary N) is 1. The van der Waals surface area contributed by atoms with E-state index in [1.807, 2.05) is 32.0 Å². The van der Waals surface area contributed by atoms with E-state index in [2.05, 4.69) is 31.3 Å². The van der Waals surface area contributed by atoms with Crippen molar-refractivity contribution in [1.29, 1.82) is 0 Å². The van der Waals surface area contributed by atoms with Crippen LogP contribution < -0.4 is 24.4 Å². The minimum absolute atomic E-state index is 0.162. The first-order valence-corrected chi connectivity index (χ1v) is 13.4. The lowest BCUT2D eigenvalue weighted by Crippen LogP contribution is -2.54. The van der Waals surface area contributed by atoms with Gasteiger partial charge in [-0.3, -0.25) is 14.9 Å². The summed E-state index contributed by atoms with van der Waals surface area (Å²) in [5.74, 6) is 0.795. The van der Waals surface area contributed by atoms with Gasteiger partial charge in [0, 0.05) is 0 Å². The van der Waals surface area contributed by atoms with Gasteiger partial charge in [-0.05, 0) is 85.4 Å². The molecule has 1 heterocycles. The average molecular weight is 543 g/mol. The van der Waals surface area contributed by atoms with Crippen LogP contribution >= 0.6 is 0 Å². The van der Waals surface area contributed by atoms with Crippen molar-refractivity contribution >= 4 is 29.6 Å². The summed E-state index contributed by atoms with van der Waals surface area (Å²) < 4.78 is 17.5. The summed E-state index contributed by atoms with van der Waals surface area (Å²) in [5, 5.41) is 2.25.